The lowest BCUT2D eigenvalue weighted by atomic mass is 10.3. The first-order chi connectivity index (χ1) is 9.08. The van der Waals surface area contributed by atoms with E-state index < -0.39 is 13.8 Å². The molecule has 0 saturated carbocycles. The van der Waals surface area contributed by atoms with Gasteiger partial charge in [-0.15, -0.1) is 0 Å². The highest BCUT2D eigenvalue weighted by atomic mass is 31.2. The van der Waals surface area contributed by atoms with Crippen molar-refractivity contribution in [2.45, 2.75) is 39.5 Å². The monoisotopic (exact) mass is 314 g/mol. The molecule has 9 heteroatoms. The molecule has 0 aliphatic heterocycles. The Morgan fingerprint density at radius 1 is 1.20 bits per heavy atom. The van der Waals surface area contributed by atoms with E-state index in [0.29, 0.717) is 13.0 Å². The van der Waals surface area contributed by atoms with Crippen molar-refractivity contribution < 1.29 is 38.7 Å². The van der Waals surface area contributed by atoms with Crippen molar-refractivity contribution in [2.24, 2.45) is 0 Å². The summed E-state index contributed by atoms with van der Waals surface area (Å²) in [6.45, 7) is 7.49. The summed E-state index contributed by atoms with van der Waals surface area (Å²) in [5, 5.41) is 7.60. The maximum atomic E-state index is 10.6. The number of hydrogen-bond donors (Lipinski definition) is 4. The van der Waals surface area contributed by atoms with Crippen LogP contribution < -0.4 is 0 Å². The molecule has 0 aromatic rings. The topological polar surface area (TPSA) is 141 Å². The number of carbonyl (C=O) groups is 2. The Labute approximate surface area is 118 Å². The van der Waals surface area contributed by atoms with Gasteiger partial charge in [-0.25, -0.2) is 9.36 Å². The van der Waals surface area contributed by atoms with Crippen molar-refractivity contribution in [3.8, 4) is 0 Å². The molecule has 0 atom stereocenters. The lowest BCUT2D eigenvalue weighted by molar-refractivity contribution is -0.143. The van der Waals surface area contributed by atoms with Crippen LogP contribution in [0.25, 0.3) is 0 Å². The standard InChI is InChI=1S/C8H16O2.C3H4O2.H3O4P/c1-3-5-6-7-10-8(9)4-2;1-2-3(4)5;1-5(2,3)4/h3-7H2,1-2H3;2H,1H2,(H,4,5);(H3,1,2,3,4). The van der Waals surface area contributed by atoms with Gasteiger partial charge in [-0.2, -0.15) is 0 Å². The SMILES string of the molecule is C=CC(=O)O.CCCCCOC(=O)CC.O=P(O)(O)O. The van der Waals surface area contributed by atoms with Gasteiger partial charge in [0.2, 0.25) is 0 Å². The predicted molar refractivity (Wildman–Crippen MR) is 72.9 cm³/mol. The lowest BCUT2D eigenvalue weighted by Gasteiger charge is -2.00. The summed E-state index contributed by atoms with van der Waals surface area (Å²) in [6, 6.07) is 0. The Balaban J connectivity index is -0.000000244. The molecule has 0 aromatic heterocycles. The molecule has 0 heterocycles. The molecule has 0 bridgehead atoms. The van der Waals surface area contributed by atoms with Gasteiger partial charge in [0.1, 0.15) is 0 Å². The van der Waals surface area contributed by atoms with Crippen LogP contribution in [-0.2, 0) is 18.9 Å². The Morgan fingerprint density at radius 2 is 1.60 bits per heavy atom. The van der Waals surface area contributed by atoms with E-state index >= 15 is 0 Å². The summed E-state index contributed by atoms with van der Waals surface area (Å²) in [6.07, 6.45) is 4.65. The van der Waals surface area contributed by atoms with Crippen LogP contribution in [0.1, 0.15) is 39.5 Å². The number of unbranched alkanes of at least 4 members (excludes halogenated alkanes) is 2. The molecule has 120 valence electrons. The first-order valence-corrected chi connectivity index (χ1v) is 7.44. The van der Waals surface area contributed by atoms with Gasteiger partial charge in [0.25, 0.3) is 0 Å². The highest BCUT2D eigenvalue weighted by Gasteiger charge is 2.00. The van der Waals surface area contributed by atoms with Crippen molar-refractivity contribution in [1.82, 2.24) is 0 Å². The summed E-state index contributed by atoms with van der Waals surface area (Å²) in [5.41, 5.74) is 0. The molecule has 0 aliphatic carbocycles. The van der Waals surface area contributed by atoms with Crippen molar-refractivity contribution in [2.75, 3.05) is 6.61 Å². The van der Waals surface area contributed by atoms with Gasteiger partial charge in [-0.1, -0.05) is 33.3 Å². The Bertz CT molecular complexity index is 301. The number of carboxylic acid groups (broad SMARTS) is 1. The van der Waals surface area contributed by atoms with Crippen LogP contribution in [0, 0.1) is 0 Å². The Kier molecular flexibility index (Phi) is 18.9. The molecule has 0 amide bonds. The van der Waals surface area contributed by atoms with Crippen molar-refractivity contribution in [3.05, 3.63) is 12.7 Å². The van der Waals surface area contributed by atoms with Gasteiger partial charge in [0, 0.05) is 12.5 Å². The van der Waals surface area contributed by atoms with Crippen LogP contribution in [0.3, 0.4) is 0 Å². The van der Waals surface area contributed by atoms with E-state index in [4.69, 9.17) is 29.1 Å². The Morgan fingerprint density at radius 3 is 1.85 bits per heavy atom. The normalized spacial score (nSPS) is 9.25. The van der Waals surface area contributed by atoms with Crippen LogP contribution in [0.5, 0.6) is 0 Å². The molecule has 0 saturated heterocycles. The van der Waals surface area contributed by atoms with E-state index in [9.17, 15) is 9.59 Å². The van der Waals surface area contributed by atoms with Crippen molar-refractivity contribution in [3.63, 3.8) is 0 Å². The van der Waals surface area contributed by atoms with Gasteiger partial charge in [0.05, 0.1) is 6.61 Å². The van der Waals surface area contributed by atoms with Gasteiger partial charge < -0.3 is 24.5 Å². The number of phosphoric acid groups is 1. The highest BCUT2D eigenvalue weighted by Crippen LogP contribution is 2.25. The highest BCUT2D eigenvalue weighted by molar-refractivity contribution is 7.45. The second-order valence-corrected chi connectivity index (χ2v) is 4.36. The maximum Gasteiger partial charge on any atom is 0.466 e. The Hall–Kier alpha value is -1.21. The molecule has 0 aromatic carbocycles. The van der Waals surface area contributed by atoms with Crippen molar-refractivity contribution in [1.29, 1.82) is 0 Å². The predicted octanol–water partition coefficient (Wildman–Crippen LogP) is 1.46. The second kappa shape index (κ2) is 15.8. The zero-order chi connectivity index (χ0) is 16.6. The minimum atomic E-state index is -4.64. The van der Waals surface area contributed by atoms with Crippen molar-refractivity contribution >= 4 is 19.8 Å². The summed E-state index contributed by atoms with van der Waals surface area (Å²) in [4.78, 5) is 41.4. The third-order valence-corrected chi connectivity index (χ3v) is 1.47. The summed E-state index contributed by atoms with van der Waals surface area (Å²) in [7, 11) is -4.64. The minimum Gasteiger partial charge on any atom is -0.478 e. The van der Waals surface area contributed by atoms with Crippen LogP contribution in [0.2, 0.25) is 0 Å². The largest absolute Gasteiger partial charge is 0.478 e. The van der Waals surface area contributed by atoms with Crippen LogP contribution in [0.15, 0.2) is 12.7 Å². The minimum absolute atomic E-state index is 0.0869. The van der Waals surface area contributed by atoms with E-state index in [1.165, 1.54) is 6.42 Å². The fourth-order valence-corrected chi connectivity index (χ4v) is 0.640. The van der Waals surface area contributed by atoms with Gasteiger partial charge in [0.15, 0.2) is 0 Å². The smallest absolute Gasteiger partial charge is 0.466 e. The fraction of sp³-hybridized carbons (Fsp3) is 0.636. The first kappa shape index (κ1) is 23.9. The van der Waals surface area contributed by atoms with E-state index in [-0.39, 0.29) is 5.97 Å². The third kappa shape index (κ3) is 54.2. The molecule has 8 nitrogen and oxygen atoms in total. The average molecular weight is 314 g/mol. The molecule has 0 fully saturated rings. The quantitative estimate of drug-likeness (QED) is 0.250. The number of esters is 1. The molecule has 0 radical (unpaired) electrons. The molecule has 0 unspecified atom stereocenters. The summed E-state index contributed by atoms with van der Waals surface area (Å²) >= 11 is 0. The number of carboxylic acids is 1. The van der Waals surface area contributed by atoms with E-state index in [0.717, 1.165) is 18.9 Å². The number of ether oxygens (including phenoxy) is 1. The zero-order valence-electron chi connectivity index (χ0n) is 11.7. The van der Waals surface area contributed by atoms with Crippen LogP contribution in [0.4, 0.5) is 0 Å². The molecule has 0 spiro atoms. The molecule has 4 N–H and O–H groups in total. The van der Waals surface area contributed by atoms with Gasteiger partial charge >= 0.3 is 19.8 Å². The van der Waals surface area contributed by atoms with E-state index in [1.54, 1.807) is 0 Å². The van der Waals surface area contributed by atoms with Gasteiger partial charge in [-0.05, 0) is 6.42 Å². The first-order valence-electron chi connectivity index (χ1n) is 5.87. The summed E-state index contributed by atoms with van der Waals surface area (Å²) < 4.78 is 13.7. The third-order valence-electron chi connectivity index (χ3n) is 1.47. The lowest BCUT2D eigenvalue weighted by Crippen LogP contribution is -2.03. The van der Waals surface area contributed by atoms with E-state index in [1.807, 2.05) is 6.92 Å². The fourth-order valence-electron chi connectivity index (χ4n) is 0.640. The molecular formula is C11H23O8P. The van der Waals surface area contributed by atoms with E-state index in [2.05, 4.69) is 13.5 Å². The molecule has 0 rings (SSSR count). The van der Waals surface area contributed by atoms with Gasteiger partial charge in [-0.3, -0.25) is 4.79 Å². The number of carbonyl (C=O) groups excluding carboxylic acids is 1. The number of hydrogen-bond acceptors (Lipinski definition) is 4. The molecular weight excluding hydrogens is 291 g/mol. The number of rotatable bonds is 6. The molecule has 20 heavy (non-hydrogen) atoms. The summed E-state index contributed by atoms with van der Waals surface area (Å²) in [5.74, 6) is -1.07. The number of aliphatic carboxylic acids is 1. The van der Waals surface area contributed by atoms with Crippen LogP contribution >= 0.6 is 7.82 Å². The average Bonchev–Trinajstić information content (AvgIpc) is 2.33. The zero-order valence-corrected chi connectivity index (χ0v) is 12.6. The second-order valence-electron chi connectivity index (χ2n) is 3.34. The maximum absolute atomic E-state index is 10.6. The molecule has 0 aliphatic rings. The van der Waals surface area contributed by atoms with Crippen LogP contribution in [-0.4, -0.2) is 38.3 Å².